The zero-order valence-electron chi connectivity index (χ0n) is 12.3. The molecular weight excluding hydrogens is 254 g/mol. The van der Waals surface area contributed by atoms with Crippen LogP contribution in [-0.2, 0) is 9.59 Å². The van der Waals surface area contributed by atoms with Crippen LogP contribution in [0.1, 0.15) is 51.4 Å². The molecule has 0 aromatic carbocycles. The number of amides is 2. The van der Waals surface area contributed by atoms with Crippen LogP contribution in [0.3, 0.4) is 0 Å². The Morgan fingerprint density at radius 3 is 2.55 bits per heavy atom. The van der Waals surface area contributed by atoms with Gasteiger partial charge in [0.05, 0.1) is 6.54 Å². The van der Waals surface area contributed by atoms with Gasteiger partial charge in [0.2, 0.25) is 11.8 Å². The Kier molecular flexibility index (Phi) is 5.83. The Balaban J connectivity index is 1.68. The smallest absolute Gasteiger partial charge is 0.242 e. The minimum absolute atomic E-state index is 0.00921. The van der Waals surface area contributed by atoms with Gasteiger partial charge >= 0.3 is 0 Å². The van der Waals surface area contributed by atoms with E-state index in [1.807, 2.05) is 4.90 Å². The molecule has 20 heavy (non-hydrogen) atoms. The molecule has 0 aromatic rings. The summed E-state index contributed by atoms with van der Waals surface area (Å²) in [5.74, 6) is 0.547. The molecule has 5 heteroatoms. The summed E-state index contributed by atoms with van der Waals surface area (Å²) in [4.78, 5) is 25.8. The summed E-state index contributed by atoms with van der Waals surface area (Å²) in [6.45, 7) is 1.42. The summed E-state index contributed by atoms with van der Waals surface area (Å²) in [7, 11) is 0. The second-order valence-electron chi connectivity index (χ2n) is 6.10. The second-order valence-corrected chi connectivity index (χ2v) is 6.10. The van der Waals surface area contributed by atoms with Crippen molar-refractivity contribution in [3.05, 3.63) is 0 Å². The van der Waals surface area contributed by atoms with Gasteiger partial charge in [-0.2, -0.15) is 0 Å². The standard InChI is InChI=1S/C15H27N3O2/c16-10-13-7-4-8-18(13)15(20)11-17-14(19)9-12-5-2-1-3-6-12/h12-13H,1-11,16H2,(H,17,19). The topological polar surface area (TPSA) is 75.4 Å². The third-order valence-corrected chi connectivity index (χ3v) is 4.61. The van der Waals surface area contributed by atoms with Gasteiger partial charge in [0.1, 0.15) is 0 Å². The molecule has 5 nitrogen and oxygen atoms in total. The fourth-order valence-electron chi connectivity index (χ4n) is 3.41. The maximum absolute atomic E-state index is 12.1. The molecule has 2 aliphatic rings. The van der Waals surface area contributed by atoms with Crippen molar-refractivity contribution in [2.75, 3.05) is 19.6 Å². The van der Waals surface area contributed by atoms with Gasteiger partial charge in [0.15, 0.2) is 0 Å². The zero-order chi connectivity index (χ0) is 14.4. The lowest BCUT2D eigenvalue weighted by Crippen LogP contribution is -2.45. The van der Waals surface area contributed by atoms with Gasteiger partial charge in [-0.1, -0.05) is 19.3 Å². The van der Waals surface area contributed by atoms with E-state index in [1.165, 1.54) is 19.3 Å². The van der Waals surface area contributed by atoms with E-state index in [0.29, 0.717) is 18.9 Å². The van der Waals surface area contributed by atoms with E-state index in [4.69, 9.17) is 5.73 Å². The van der Waals surface area contributed by atoms with Crippen LogP contribution in [0.5, 0.6) is 0 Å². The lowest BCUT2D eigenvalue weighted by atomic mass is 9.87. The van der Waals surface area contributed by atoms with Crippen molar-refractivity contribution in [3.63, 3.8) is 0 Å². The lowest BCUT2D eigenvalue weighted by Gasteiger charge is -2.24. The minimum Gasteiger partial charge on any atom is -0.347 e. The fourth-order valence-corrected chi connectivity index (χ4v) is 3.41. The molecular formula is C15H27N3O2. The predicted octanol–water partition coefficient (Wildman–Crippen LogP) is 1.02. The first kappa shape index (κ1) is 15.3. The number of nitrogens with zero attached hydrogens (tertiary/aromatic N) is 1. The molecule has 114 valence electrons. The maximum atomic E-state index is 12.1. The summed E-state index contributed by atoms with van der Waals surface area (Å²) in [6.07, 6.45) is 8.67. The Morgan fingerprint density at radius 2 is 1.85 bits per heavy atom. The minimum atomic E-state index is 0.00921. The highest BCUT2D eigenvalue weighted by Crippen LogP contribution is 2.26. The summed E-state index contributed by atoms with van der Waals surface area (Å²) < 4.78 is 0. The molecule has 0 bridgehead atoms. The van der Waals surface area contributed by atoms with E-state index in [2.05, 4.69) is 5.32 Å². The highest BCUT2D eigenvalue weighted by Gasteiger charge is 2.27. The first-order valence-corrected chi connectivity index (χ1v) is 7.97. The van der Waals surface area contributed by atoms with Crippen LogP contribution < -0.4 is 11.1 Å². The van der Waals surface area contributed by atoms with E-state index in [-0.39, 0.29) is 24.4 Å². The van der Waals surface area contributed by atoms with Crippen LogP contribution in [0.4, 0.5) is 0 Å². The molecule has 0 spiro atoms. The number of nitrogens with one attached hydrogen (secondary N) is 1. The van der Waals surface area contributed by atoms with Crippen LogP contribution in [0.15, 0.2) is 0 Å². The van der Waals surface area contributed by atoms with E-state index >= 15 is 0 Å². The van der Waals surface area contributed by atoms with Gasteiger partial charge in [-0.05, 0) is 31.6 Å². The molecule has 1 aliphatic carbocycles. The third-order valence-electron chi connectivity index (χ3n) is 4.61. The summed E-state index contributed by atoms with van der Waals surface area (Å²) >= 11 is 0. The lowest BCUT2D eigenvalue weighted by molar-refractivity contribution is -0.133. The second kappa shape index (κ2) is 7.62. The van der Waals surface area contributed by atoms with Crippen molar-refractivity contribution < 1.29 is 9.59 Å². The Bertz CT molecular complexity index is 340. The number of carbonyl (C=O) groups is 2. The van der Waals surface area contributed by atoms with E-state index in [9.17, 15) is 9.59 Å². The Hall–Kier alpha value is -1.10. The van der Waals surface area contributed by atoms with Crippen molar-refractivity contribution >= 4 is 11.8 Å². The molecule has 1 heterocycles. The van der Waals surface area contributed by atoms with E-state index in [1.54, 1.807) is 0 Å². The average molecular weight is 281 g/mol. The third kappa shape index (κ3) is 4.20. The molecule has 1 aliphatic heterocycles. The zero-order valence-corrected chi connectivity index (χ0v) is 12.3. The molecule has 2 amide bonds. The van der Waals surface area contributed by atoms with Crippen LogP contribution in [0.25, 0.3) is 0 Å². The largest absolute Gasteiger partial charge is 0.347 e. The van der Waals surface area contributed by atoms with Crippen LogP contribution in [0.2, 0.25) is 0 Å². The summed E-state index contributed by atoms with van der Waals surface area (Å²) in [5, 5.41) is 2.78. The van der Waals surface area contributed by atoms with Crippen molar-refractivity contribution in [2.45, 2.75) is 57.4 Å². The number of nitrogens with two attached hydrogens (primary N) is 1. The van der Waals surface area contributed by atoms with Crippen LogP contribution in [0, 0.1) is 5.92 Å². The number of rotatable bonds is 5. The predicted molar refractivity (Wildman–Crippen MR) is 78.0 cm³/mol. The molecule has 2 fully saturated rings. The molecule has 0 aromatic heterocycles. The highest BCUT2D eigenvalue weighted by molar-refractivity contribution is 5.85. The first-order chi connectivity index (χ1) is 9.70. The van der Waals surface area contributed by atoms with Gasteiger partial charge in [-0.15, -0.1) is 0 Å². The number of hydrogen-bond donors (Lipinski definition) is 2. The molecule has 2 rings (SSSR count). The van der Waals surface area contributed by atoms with Crippen molar-refractivity contribution in [3.8, 4) is 0 Å². The molecule has 1 atom stereocenters. The van der Waals surface area contributed by atoms with Crippen LogP contribution in [-0.4, -0.2) is 42.4 Å². The van der Waals surface area contributed by atoms with Crippen molar-refractivity contribution in [1.82, 2.24) is 10.2 Å². The Morgan fingerprint density at radius 1 is 1.10 bits per heavy atom. The van der Waals surface area contributed by atoms with Gasteiger partial charge in [0.25, 0.3) is 0 Å². The summed E-state index contributed by atoms with van der Waals surface area (Å²) in [6, 6.07) is 0.165. The summed E-state index contributed by atoms with van der Waals surface area (Å²) in [5.41, 5.74) is 5.66. The maximum Gasteiger partial charge on any atom is 0.242 e. The van der Waals surface area contributed by atoms with Gasteiger partial charge in [-0.25, -0.2) is 0 Å². The monoisotopic (exact) mass is 281 g/mol. The molecule has 1 saturated heterocycles. The van der Waals surface area contributed by atoms with Crippen molar-refractivity contribution in [2.24, 2.45) is 11.7 Å². The number of hydrogen-bond acceptors (Lipinski definition) is 3. The molecule has 3 N–H and O–H groups in total. The van der Waals surface area contributed by atoms with Gasteiger partial charge in [0, 0.05) is 25.6 Å². The SMILES string of the molecule is NCC1CCCN1C(=O)CNC(=O)CC1CCCCC1. The van der Waals surface area contributed by atoms with Gasteiger partial charge < -0.3 is 16.0 Å². The molecule has 0 radical (unpaired) electrons. The van der Waals surface area contributed by atoms with Crippen molar-refractivity contribution in [1.29, 1.82) is 0 Å². The van der Waals surface area contributed by atoms with E-state index in [0.717, 1.165) is 32.2 Å². The molecule has 1 unspecified atom stereocenters. The number of carbonyl (C=O) groups excluding carboxylic acids is 2. The van der Waals surface area contributed by atoms with Gasteiger partial charge in [-0.3, -0.25) is 9.59 Å². The van der Waals surface area contributed by atoms with Crippen LogP contribution >= 0.6 is 0 Å². The fraction of sp³-hybridized carbons (Fsp3) is 0.867. The highest BCUT2D eigenvalue weighted by atomic mass is 16.2. The first-order valence-electron chi connectivity index (χ1n) is 7.97. The number of likely N-dealkylation sites (tertiary alicyclic amines) is 1. The molecule has 1 saturated carbocycles. The van der Waals surface area contributed by atoms with E-state index < -0.39 is 0 Å². The Labute approximate surface area is 121 Å². The normalized spacial score (nSPS) is 23.9. The average Bonchev–Trinajstić information content (AvgIpc) is 2.94. The quantitative estimate of drug-likeness (QED) is 0.790.